The van der Waals surface area contributed by atoms with Gasteiger partial charge in [-0.1, -0.05) is 24.3 Å². The molecule has 90 valence electrons. The number of nitrogens with zero attached hydrogens (tertiary/aromatic N) is 3. The summed E-state index contributed by atoms with van der Waals surface area (Å²) >= 11 is 0. The molecular formula is C15H9N3O. The minimum absolute atomic E-state index is 0.0844. The molecule has 0 saturated heterocycles. The Balaban J connectivity index is 2.36. The summed E-state index contributed by atoms with van der Waals surface area (Å²) < 4.78 is 1.58. The van der Waals surface area contributed by atoms with E-state index < -0.39 is 0 Å². The first-order valence-corrected chi connectivity index (χ1v) is 5.99. The highest BCUT2D eigenvalue weighted by molar-refractivity contribution is 5.95. The number of hydrogen-bond donors (Lipinski definition) is 0. The fraction of sp³-hybridized carbons (Fsp3) is 0. The van der Waals surface area contributed by atoms with Gasteiger partial charge in [0, 0.05) is 17.8 Å². The predicted molar refractivity (Wildman–Crippen MR) is 74.3 cm³/mol. The zero-order valence-electron chi connectivity index (χ0n) is 9.95. The van der Waals surface area contributed by atoms with Gasteiger partial charge in [-0.3, -0.25) is 9.20 Å². The lowest BCUT2D eigenvalue weighted by molar-refractivity contribution is 1.08. The fourth-order valence-electron chi connectivity index (χ4n) is 2.36. The molecule has 0 spiro atoms. The van der Waals surface area contributed by atoms with Crippen LogP contribution in [-0.4, -0.2) is 14.4 Å². The molecule has 0 fully saturated rings. The first-order valence-electron chi connectivity index (χ1n) is 5.99. The van der Waals surface area contributed by atoms with E-state index in [2.05, 4.69) is 9.97 Å². The van der Waals surface area contributed by atoms with Crippen LogP contribution in [0.1, 0.15) is 0 Å². The first kappa shape index (κ1) is 10.2. The van der Waals surface area contributed by atoms with E-state index in [0.29, 0.717) is 16.7 Å². The van der Waals surface area contributed by atoms with Gasteiger partial charge in [0.25, 0.3) is 5.56 Å². The molecular weight excluding hydrogens is 238 g/mol. The van der Waals surface area contributed by atoms with Crippen LogP contribution in [0.2, 0.25) is 0 Å². The van der Waals surface area contributed by atoms with Crippen molar-refractivity contribution in [3.8, 4) is 0 Å². The van der Waals surface area contributed by atoms with E-state index in [9.17, 15) is 4.79 Å². The van der Waals surface area contributed by atoms with E-state index in [1.54, 1.807) is 28.9 Å². The normalized spacial score (nSPS) is 11.4. The molecule has 19 heavy (non-hydrogen) atoms. The van der Waals surface area contributed by atoms with Crippen LogP contribution in [0.4, 0.5) is 0 Å². The third kappa shape index (κ3) is 1.37. The van der Waals surface area contributed by atoms with Crippen LogP contribution in [0.5, 0.6) is 0 Å². The Labute approximate surface area is 108 Å². The van der Waals surface area contributed by atoms with Crippen LogP contribution >= 0.6 is 0 Å². The lowest BCUT2D eigenvalue weighted by Gasteiger charge is -2.05. The maximum absolute atomic E-state index is 12.4. The van der Waals surface area contributed by atoms with E-state index in [1.807, 2.05) is 30.3 Å². The molecule has 0 atom stereocenters. The van der Waals surface area contributed by atoms with Crippen LogP contribution in [0.3, 0.4) is 0 Å². The van der Waals surface area contributed by atoms with Crippen molar-refractivity contribution in [3.05, 3.63) is 65.2 Å². The molecule has 0 unspecified atom stereocenters. The molecule has 0 N–H and O–H groups in total. The standard InChI is InChI=1S/C15H9N3O/c19-15-12-6-3-8-16-13(12)17-14-11-5-2-1-4-10(11)7-9-18(14)15/h1-9H. The molecule has 0 bridgehead atoms. The van der Waals surface area contributed by atoms with Crippen LogP contribution in [-0.2, 0) is 0 Å². The third-order valence-electron chi connectivity index (χ3n) is 3.28. The van der Waals surface area contributed by atoms with Gasteiger partial charge in [0.2, 0.25) is 0 Å². The smallest absolute Gasteiger partial charge is 0.267 e. The van der Waals surface area contributed by atoms with E-state index in [-0.39, 0.29) is 5.56 Å². The zero-order valence-corrected chi connectivity index (χ0v) is 9.95. The predicted octanol–water partition coefficient (Wildman–Crippen LogP) is 2.40. The summed E-state index contributed by atoms with van der Waals surface area (Å²) in [6.07, 6.45) is 3.41. The summed E-state index contributed by atoms with van der Waals surface area (Å²) in [6, 6.07) is 13.3. The monoisotopic (exact) mass is 247 g/mol. The van der Waals surface area contributed by atoms with Crippen molar-refractivity contribution >= 4 is 27.5 Å². The van der Waals surface area contributed by atoms with Crippen molar-refractivity contribution < 1.29 is 0 Å². The number of aromatic nitrogens is 3. The summed E-state index contributed by atoms with van der Waals surface area (Å²) in [4.78, 5) is 21.1. The molecule has 4 nitrogen and oxygen atoms in total. The average Bonchev–Trinajstić information content (AvgIpc) is 2.47. The lowest BCUT2D eigenvalue weighted by Crippen LogP contribution is -2.15. The zero-order chi connectivity index (χ0) is 12.8. The molecule has 0 aliphatic carbocycles. The molecule has 0 radical (unpaired) electrons. The Bertz CT molecular complexity index is 989. The number of benzene rings is 1. The molecule has 4 rings (SSSR count). The van der Waals surface area contributed by atoms with Crippen molar-refractivity contribution in [2.45, 2.75) is 0 Å². The molecule has 1 aromatic carbocycles. The minimum Gasteiger partial charge on any atom is -0.268 e. The summed E-state index contributed by atoms with van der Waals surface area (Å²) in [5, 5.41) is 2.55. The second kappa shape index (κ2) is 3.62. The SMILES string of the molecule is O=c1c2cccnc2nc2c3ccccc3ccn12. The van der Waals surface area contributed by atoms with Gasteiger partial charge in [-0.2, -0.15) is 0 Å². The number of rotatable bonds is 0. The van der Waals surface area contributed by atoms with E-state index in [4.69, 9.17) is 0 Å². The summed E-state index contributed by atoms with van der Waals surface area (Å²) in [5.41, 5.74) is 1.05. The second-order valence-corrected chi connectivity index (χ2v) is 4.39. The Morgan fingerprint density at radius 3 is 2.74 bits per heavy atom. The Morgan fingerprint density at radius 2 is 1.79 bits per heavy atom. The largest absolute Gasteiger partial charge is 0.268 e. The number of fused-ring (bicyclic) bond motifs is 4. The molecule has 0 amide bonds. The van der Waals surface area contributed by atoms with Crippen molar-refractivity contribution in [2.75, 3.05) is 0 Å². The minimum atomic E-state index is -0.0844. The van der Waals surface area contributed by atoms with Crippen molar-refractivity contribution in [2.24, 2.45) is 0 Å². The Kier molecular flexibility index (Phi) is 1.94. The second-order valence-electron chi connectivity index (χ2n) is 4.39. The van der Waals surface area contributed by atoms with Crippen LogP contribution in [0.25, 0.3) is 27.5 Å². The summed E-state index contributed by atoms with van der Waals surface area (Å²) in [5.74, 6) is 0. The maximum atomic E-state index is 12.4. The van der Waals surface area contributed by atoms with Gasteiger partial charge in [0.05, 0.1) is 5.39 Å². The van der Waals surface area contributed by atoms with Crippen molar-refractivity contribution in [1.82, 2.24) is 14.4 Å². The third-order valence-corrected chi connectivity index (χ3v) is 3.28. The number of pyridine rings is 2. The van der Waals surface area contributed by atoms with Crippen molar-refractivity contribution in [1.29, 1.82) is 0 Å². The molecule has 3 aromatic heterocycles. The van der Waals surface area contributed by atoms with Crippen molar-refractivity contribution in [3.63, 3.8) is 0 Å². The fourth-order valence-corrected chi connectivity index (χ4v) is 2.36. The topological polar surface area (TPSA) is 47.3 Å². The molecule has 0 saturated carbocycles. The highest BCUT2D eigenvalue weighted by Gasteiger charge is 2.07. The van der Waals surface area contributed by atoms with E-state index in [1.165, 1.54) is 0 Å². The molecule has 4 heteroatoms. The Morgan fingerprint density at radius 1 is 0.947 bits per heavy atom. The van der Waals surface area contributed by atoms with Gasteiger partial charge in [-0.15, -0.1) is 0 Å². The average molecular weight is 247 g/mol. The summed E-state index contributed by atoms with van der Waals surface area (Å²) in [6.45, 7) is 0. The molecule has 4 aromatic rings. The quantitative estimate of drug-likeness (QED) is 0.354. The maximum Gasteiger partial charge on any atom is 0.267 e. The molecule has 0 aliphatic heterocycles. The van der Waals surface area contributed by atoms with Gasteiger partial charge in [0.1, 0.15) is 5.65 Å². The first-order chi connectivity index (χ1) is 9.34. The highest BCUT2D eigenvalue weighted by atomic mass is 16.1. The highest BCUT2D eigenvalue weighted by Crippen LogP contribution is 2.18. The molecule has 3 heterocycles. The molecule has 0 aliphatic rings. The van der Waals surface area contributed by atoms with Crippen LogP contribution in [0, 0.1) is 0 Å². The lowest BCUT2D eigenvalue weighted by atomic mass is 10.1. The van der Waals surface area contributed by atoms with Gasteiger partial charge in [-0.25, -0.2) is 9.97 Å². The van der Waals surface area contributed by atoms with E-state index >= 15 is 0 Å². The number of hydrogen-bond acceptors (Lipinski definition) is 3. The van der Waals surface area contributed by atoms with Gasteiger partial charge in [-0.05, 0) is 23.6 Å². The van der Waals surface area contributed by atoms with Gasteiger partial charge < -0.3 is 0 Å². The van der Waals surface area contributed by atoms with Crippen LogP contribution in [0.15, 0.2) is 59.7 Å². The van der Waals surface area contributed by atoms with E-state index in [0.717, 1.165) is 10.8 Å². The van der Waals surface area contributed by atoms with Crippen LogP contribution < -0.4 is 5.56 Å². The summed E-state index contributed by atoms with van der Waals surface area (Å²) in [7, 11) is 0. The van der Waals surface area contributed by atoms with Gasteiger partial charge >= 0.3 is 0 Å². The Hall–Kier alpha value is -2.75. The van der Waals surface area contributed by atoms with Gasteiger partial charge in [0.15, 0.2) is 5.65 Å².